The van der Waals surface area contributed by atoms with Crippen LogP contribution in [0.2, 0.25) is 5.02 Å². The van der Waals surface area contributed by atoms with Gasteiger partial charge < -0.3 is 20.1 Å². The van der Waals surface area contributed by atoms with E-state index in [4.69, 9.17) is 21.1 Å². The fourth-order valence-electron chi connectivity index (χ4n) is 1.51. The normalized spacial score (nSPS) is 10.8. The van der Waals surface area contributed by atoms with E-state index in [-0.39, 0.29) is 18.9 Å². The van der Waals surface area contributed by atoms with Crippen LogP contribution in [0, 0.1) is 0 Å². The van der Waals surface area contributed by atoms with Crippen LogP contribution < -0.4 is 15.4 Å². The monoisotopic (exact) mass is 343 g/mol. The van der Waals surface area contributed by atoms with Crippen molar-refractivity contribution < 1.29 is 19.1 Å². The number of alkyl carbamates (subject to hydrolysis) is 1. The van der Waals surface area contributed by atoms with E-state index < -0.39 is 11.7 Å². The average Bonchev–Trinajstić information content (AvgIpc) is 2.42. The van der Waals surface area contributed by atoms with Crippen molar-refractivity contribution in [1.82, 2.24) is 15.6 Å². The van der Waals surface area contributed by atoms with Crippen LogP contribution in [-0.2, 0) is 9.53 Å². The summed E-state index contributed by atoms with van der Waals surface area (Å²) in [5.74, 6) is 0.354. The molecule has 0 atom stereocenters. The maximum absolute atomic E-state index is 11.6. The Balaban J connectivity index is 2.09. The molecular formula is C15H22ClN3O4. The number of rotatable bonds is 7. The maximum Gasteiger partial charge on any atom is 0.407 e. The molecule has 0 saturated heterocycles. The fourth-order valence-corrected chi connectivity index (χ4v) is 1.68. The molecule has 2 amide bonds. The van der Waals surface area contributed by atoms with E-state index >= 15 is 0 Å². The third-order valence-electron chi connectivity index (χ3n) is 2.39. The summed E-state index contributed by atoms with van der Waals surface area (Å²) < 4.78 is 10.4. The van der Waals surface area contributed by atoms with E-state index in [9.17, 15) is 9.59 Å². The Morgan fingerprint density at radius 2 is 1.96 bits per heavy atom. The minimum atomic E-state index is -0.557. The number of carbonyl (C=O) groups excluding carboxylic acids is 2. The second-order valence-corrected chi connectivity index (χ2v) is 6.15. The zero-order valence-corrected chi connectivity index (χ0v) is 14.3. The first-order valence-corrected chi connectivity index (χ1v) is 7.61. The van der Waals surface area contributed by atoms with Crippen LogP contribution >= 0.6 is 11.6 Å². The predicted molar refractivity (Wildman–Crippen MR) is 86.6 cm³/mol. The second-order valence-electron chi connectivity index (χ2n) is 5.72. The largest absolute Gasteiger partial charge is 0.490 e. The molecule has 0 aliphatic rings. The van der Waals surface area contributed by atoms with Crippen LogP contribution in [0.25, 0.3) is 0 Å². The molecule has 0 aliphatic heterocycles. The minimum absolute atomic E-state index is 0.165. The predicted octanol–water partition coefficient (Wildman–Crippen LogP) is 2.14. The number of amides is 2. The summed E-state index contributed by atoms with van der Waals surface area (Å²) in [6.07, 6.45) is 2.67. The number of hydrogen-bond donors (Lipinski definition) is 2. The van der Waals surface area contributed by atoms with Gasteiger partial charge in [0, 0.05) is 25.2 Å². The zero-order valence-electron chi connectivity index (χ0n) is 13.5. The number of nitrogens with zero attached hydrogens (tertiary/aromatic N) is 1. The van der Waals surface area contributed by atoms with Crippen LogP contribution in [0.15, 0.2) is 18.5 Å². The highest BCUT2D eigenvalue weighted by molar-refractivity contribution is 6.30. The van der Waals surface area contributed by atoms with Gasteiger partial charge in [-0.2, -0.15) is 0 Å². The van der Waals surface area contributed by atoms with Crippen molar-refractivity contribution >= 4 is 23.6 Å². The first-order chi connectivity index (χ1) is 10.8. The third-order valence-corrected chi connectivity index (χ3v) is 2.60. The van der Waals surface area contributed by atoms with E-state index in [1.54, 1.807) is 33.0 Å². The van der Waals surface area contributed by atoms with E-state index in [1.807, 2.05) is 0 Å². The molecule has 1 aromatic rings. The van der Waals surface area contributed by atoms with Crippen molar-refractivity contribution in [2.24, 2.45) is 0 Å². The SMILES string of the molecule is CC(C)(C)OC(=O)NCCC(=O)NCCOc1cncc(Cl)c1. The number of carbonyl (C=O) groups is 2. The summed E-state index contributed by atoms with van der Waals surface area (Å²) in [5, 5.41) is 5.68. The Bertz CT molecular complexity index is 532. The van der Waals surface area contributed by atoms with Gasteiger partial charge in [0.15, 0.2) is 0 Å². The van der Waals surface area contributed by atoms with Gasteiger partial charge in [0.1, 0.15) is 18.0 Å². The zero-order chi connectivity index (χ0) is 17.3. The van der Waals surface area contributed by atoms with Gasteiger partial charge in [-0.3, -0.25) is 9.78 Å². The Morgan fingerprint density at radius 3 is 2.61 bits per heavy atom. The Labute approximate surface area is 140 Å². The van der Waals surface area contributed by atoms with E-state index in [0.717, 1.165) is 0 Å². The summed E-state index contributed by atoms with van der Waals surface area (Å²) in [5.41, 5.74) is -0.557. The smallest absolute Gasteiger partial charge is 0.407 e. The lowest BCUT2D eigenvalue weighted by Gasteiger charge is -2.19. The minimum Gasteiger partial charge on any atom is -0.490 e. The van der Waals surface area contributed by atoms with Crippen molar-refractivity contribution in [3.05, 3.63) is 23.5 Å². The van der Waals surface area contributed by atoms with Gasteiger partial charge in [-0.25, -0.2) is 4.79 Å². The van der Waals surface area contributed by atoms with Gasteiger partial charge in [0.05, 0.1) is 17.8 Å². The van der Waals surface area contributed by atoms with Gasteiger partial charge in [-0.15, -0.1) is 0 Å². The first-order valence-electron chi connectivity index (χ1n) is 7.23. The number of nitrogens with one attached hydrogen (secondary N) is 2. The van der Waals surface area contributed by atoms with Crippen molar-refractivity contribution in [3.63, 3.8) is 0 Å². The van der Waals surface area contributed by atoms with Gasteiger partial charge in [-0.05, 0) is 20.8 Å². The second kappa shape index (κ2) is 9.19. The van der Waals surface area contributed by atoms with Crippen LogP contribution in [-0.4, -0.2) is 42.3 Å². The fraction of sp³-hybridized carbons (Fsp3) is 0.533. The van der Waals surface area contributed by atoms with E-state index in [0.29, 0.717) is 23.9 Å². The molecule has 0 bridgehead atoms. The Morgan fingerprint density at radius 1 is 1.22 bits per heavy atom. The molecule has 1 aromatic heterocycles. The highest BCUT2D eigenvalue weighted by Gasteiger charge is 2.15. The van der Waals surface area contributed by atoms with Crippen molar-refractivity contribution in [3.8, 4) is 5.75 Å². The molecule has 0 unspecified atom stereocenters. The summed E-state index contributed by atoms with van der Waals surface area (Å²) in [4.78, 5) is 26.9. The standard InChI is InChI=1S/C15H22ClN3O4/c1-15(2,3)23-14(21)19-5-4-13(20)18-6-7-22-12-8-11(16)9-17-10-12/h8-10H,4-7H2,1-3H3,(H,18,20)(H,19,21). The summed E-state index contributed by atoms with van der Waals surface area (Å²) in [7, 11) is 0. The first kappa shape index (κ1) is 19.0. The lowest BCUT2D eigenvalue weighted by molar-refractivity contribution is -0.121. The quantitative estimate of drug-likeness (QED) is 0.740. The molecule has 0 spiro atoms. The summed E-state index contributed by atoms with van der Waals surface area (Å²) in [6.45, 7) is 6.17. The molecule has 2 N–H and O–H groups in total. The highest BCUT2D eigenvalue weighted by Crippen LogP contribution is 2.14. The maximum atomic E-state index is 11.6. The third kappa shape index (κ3) is 9.57. The van der Waals surface area contributed by atoms with Crippen molar-refractivity contribution in [2.45, 2.75) is 32.8 Å². The molecule has 1 heterocycles. The van der Waals surface area contributed by atoms with Gasteiger partial charge in [0.25, 0.3) is 0 Å². The van der Waals surface area contributed by atoms with E-state index in [1.165, 1.54) is 6.20 Å². The molecule has 128 valence electrons. The number of ether oxygens (including phenoxy) is 2. The lowest BCUT2D eigenvalue weighted by Crippen LogP contribution is -2.35. The molecule has 0 radical (unpaired) electrons. The van der Waals surface area contributed by atoms with Crippen LogP contribution in [0.3, 0.4) is 0 Å². The molecule has 0 saturated carbocycles. The molecule has 0 aromatic carbocycles. The number of hydrogen-bond acceptors (Lipinski definition) is 5. The average molecular weight is 344 g/mol. The number of aromatic nitrogens is 1. The molecule has 0 aliphatic carbocycles. The topological polar surface area (TPSA) is 89.5 Å². The van der Waals surface area contributed by atoms with Crippen molar-refractivity contribution in [2.75, 3.05) is 19.7 Å². The molecule has 1 rings (SSSR count). The summed E-state index contributed by atoms with van der Waals surface area (Å²) >= 11 is 5.77. The summed E-state index contributed by atoms with van der Waals surface area (Å²) in [6, 6.07) is 1.64. The van der Waals surface area contributed by atoms with E-state index in [2.05, 4.69) is 15.6 Å². The number of halogens is 1. The Hall–Kier alpha value is -2.02. The molecular weight excluding hydrogens is 322 g/mol. The van der Waals surface area contributed by atoms with Crippen molar-refractivity contribution in [1.29, 1.82) is 0 Å². The van der Waals surface area contributed by atoms with Crippen LogP contribution in [0.4, 0.5) is 4.79 Å². The molecule has 23 heavy (non-hydrogen) atoms. The van der Waals surface area contributed by atoms with Crippen LogP contribution in [0.1, 0.15) is 27.2 Å². The lowest BCUT2D eigenvalue weighted by atomic mass is 10.2. The molecule has 8 heteroatoms. The Kier molecular flexibility index (Phi) is 7.61. The molecule has 7 nitrogen and oxygen atoms in total. The van der Waals surface area contributed by atoms with Gasteiger partial charge >= 0.3 is 6.09 Å². The van der Waals surface area contributed by atoms with Gasteiger partial charge in [0.2, 0.25) is 5.91 Å². The van der Waals surface area contributed by atoms with Gasteiger partial charge in [-0.1, -0.05) is 11.6 Å². The van der Waals surface area contributed by atoms with Crippen LogP contribution in [0.5, 0.6) is 5.75 Å². The number of pyridine rings is 1. The highest BCUT2D eigenvalue weighted by atomic mass is 35.5. The molecule has 0 fully saturated rings.